The first-order chi connectivity index (χ1) is 9.42. The third-order valence-corrected chi connectivity index (χ3v) is 11.0. The average molecular weight is 366 g/mol. The molecule has 0 bridgehead atoms. The van der Waals surface area contributed by atoms with Crippen molar-refractivity contribution in [1.82, 2.24) is 0 Å². The second kappa shape index (κ2) is 6.49. The molecular weight excluding hydrogens is 343 g/mol. The molecule has 6 atom stereocenters. The van der Waals surface area contributed by atoms with Gasteiger partial charge in [0.25, 0.3) is 0 Å². The predicted molar refractivity (Wildman–Crippen MR) is 77.6 cm³/mol. The number of hydrogen-bond acceptors (Lipinski definition) is 0. The van der Waals surface area contributed by atoms with Crippen LogP contribution in [-0.2, 0) is 23.2 Å². The molecule has 0 saturated heterocycles. The summed E-state index contributed by atoms with van der Waals surface area (Å²) in [5.41, 5.74) is 0. The van der Waals surface area contributed by atoms with Gasteiger partial charge < -0.3 is 13.8 Å². The molecule has 0 amide bonds. The first-order valence-corrected chi connectivity index (χ1v) is 10.7. The molecule has 2 heteroatoms. The van der Waals surface area contributed by atoms with Crippen LogP contribution in [0, 0.1) is 23.7 Å². The van der Waals surface area contributed by atoms with E-state index in [4.69, 9.17) is 0 Å². The van der Waals surface area contributed by atoms with Crippen LogP contribution >= 0.6 is 0 Å². The monoisotopic (exact) mass is 364 g/mol. The fourth-order valence-corrected chi connectivity index (χ4v) is 10.4. The summed E-state index contributed by atoms with van der Waals surface area (Å²) in [6.07, 6.45) is 25.2. The smallest absolute Gasteiger partial charge is 1.00 e. The number of fused-ring (bicyclic) bond motifs is 2. The van der Waals surface area contributed by atoms with Gasteiger partial charge >= 0.3 is 128 Å². The summed E-state index contributed by atoms with van der Waals surface area (Å²) < 4.78 is 2.25. The van der Waals surface area contributed by atoms with Gasteiger partial charge in [0.05, 0.1) is 0 Å². The van der Waals surface area contributed by atoms with Gasteiger partial charge in [-0.25, -0.2) is 0 Å². The molecule has 4 aliphatic rings. The van der Waals surface area contributed by atoms with Crippen molar-refractivity contribution in [3.63, 3.8) is 0 Å². The number of halogens is 1. The minimum Gasteiger partial charge on any atom is -1.00 e. The third-order valence-electron chi connectivity index (χ3n) is 5.57. The van der Waals surface area contributed by atoms with E-state index in [0.717, 1.165) is 30.9 Å². The first kappa shape index (κ1) is 15.0. The summed E-state index contributed by atoms with van der Waals surface area (Å²) in [6, 6.07) is 0. The summed E-state index contributed by atoms with van der Waals surface area (Å²) in [4.78, 5) is 0. The van der Waals surface area contributed by atoms with E-state index >= 15 is 0 Å². The Bertz CT molecular complexity index is 426. The van der Waals surface area contributed by atoms with Crippen LogP contribution in [0.1, 0.15) is 27.1 Å². The van der Waals surface area contributed by atoms with Crippen LogP contribution in [0.3, 0.4) is 0 Å². The molecule has 0 aromatic heterocycles. The Labute approximate surface area is 141 Å². The predicted octanol–water partition coefficient (Wildman–Crippen LogP) is 2.07. The summed E-state index contributed by atoms with van der Waals surface area (Å²) >= 11 is -0.253. The van der Waals surface area contributed by atoms with Gasteiger partial charge in [0, 0.05) is 0 Å². The van der Waals surface area contributed by atoms with Crippen LogP contribution in [0.4, 0.5) is 0 Å². The molecular formula is C18H23ClZr. The van der Waals surface area contributed by atoms with Crippen LogP contribution in [0.25, 0.3) is 0 Å². The minimum atomic E-state index is -0.253. The van der Waals surface area contributed by atoms with Crippen molar-refractivity contribution in [2.75, 3.05) is 0 Å². The van der Waals surface area contributed by atoms with Gasteiger partial charge in [-0.3, -0.25) is 0 Å². The van der Waals surface area contributed by atoms with Crippen LogP contribution in [0.15, 0.2) is 48.6 Å². The summed E-state index contributed by atoms with van der Waals surface area (Å²) in [7, 11) is 0. The minimum absolute atomic E-state index is 0. The first-order valence-electron chi connectivity index (χ1n) is 7.88. The summed E-state index contributed by atoms with van der Waals surface area (Å²) in [5, 5.41) is 0. The van der Waals surface area contributed by atoms with Crippen molar-refractivity contribution in [2.45, 2.75) is 32.9 Å². The SMILES string of the molecule is C1=CC2CC[CH]([Zr+2][CH]3CCC4C=CC=CC43)C2C=C1.[Cl-].[H-]. The quantitative estimate of drug-likeness (QED) is 0.702. The van der Waals surface area contributed by atoms with Crippen molar-refractivity contribution < 1.29 is 37.1 Å². The third kappa shape index (κ3) is 2.73. The van der Waals surface area contributed by atoms with E-state index in [9.17, 15) is 0 Å². The van der Waals surface area contributed by atoms with Crippen molar-refractivity contribution in [3.8, 4) is 0 Å². The van der Waals surface area contributed by atoms with E-state index in [1.807, 2.05) is 0 Å². The van der Waals surface area contributed by atoms with E-state index in [0.29, 0.717) is 0 Å². The molecule has 0 radical (unpaired) electrons. The molecule has 0 spiro atoms. The fraction of sp³-hybridized carbons (Fsp3) is 0.556. The maximum Gasteiger partial charge on any atom is -1.00 e. The molecule has 0 aromatic rings. The van der Waals surface area contributed by atoms with E-state index in [-0.39, 0.29) is 37.1 Å². The van der Waals surface area contributed by atoms with Crippen LogP contribution in [-0.4, -0.2) is 0 Å². The van der Waals surface area contributed by atoms with Gasteiger partial charge in [0.2, 0.25) is 0 Å². The number of allylic oxidation sites excluding steroid dienone is 8. The van der Waals surface area contributed by atoms with E-state index in [1.54, 1.807) is 0 Å². The van der Waals surface area contributed by atoms with Crippen molar-refractivity contribution in [2.24, 2.45) is 23.7 Å². The Morgan fingerprint density at radius 2 is 1.10 bits per heavy atom. The average Bonchev–Trinajstić information content (AvgIpc) is 3.05. The van der Waals surface area contributed by atoms with Gasteiger partial charge in [-0.05, 0) is 0 Å². The van der Waals surface area contributed by atoms with Gasteiger partial charge in [-0.15, -0.1) is 0 Å². The summed E-state index contributed by atoms with van der Waals surface area (Å²) in [5.74, 6) is 3.65. The van der Waals surface area contributed by atoms with Crippen molar-refractivity contribution >= 4 is 0 Å². The Morgan fingerprint density at radius 1 is 0.650 bits per heavy atom. The molecule has 4 aliphatic carbocycles. The largest absolute Gasteiger partial charge is 1.00 e. The zero-order chi connectivity index (χ0) is 12.7. The van der Waals surface area contributed by atoms with E-state index in [2.05, 4.69) is 48.6 Å². The zero-order valence-electron chi connectivity index (χ0n) is 12.8. The zero-order valence-corrected chi connectivity index (χ0v) is 15.0. The van der Waals surface area contributed by atoms with Gasteiger partial charge in [0.15, 0.2) is 0 Å². The van der Waals surface area contributed by atoms with Crippen LogP contribution < -0.4 is 12.4 Å². The number of rotatable bonds is 2. The molecule has 0 nitrogen and oxygen atoms in total. The Hall–Kier alpha value is 0.133. The van der Waals surface area contributed by atoms with Gasteiger partial charge in [-0.2, -0.15) is 0 Å². The normalized spacial score (nSPS) is 43.8. The van der Waals surface area contributed by atoms with E-state index in [1.165, 1.54) is 25.7 Å². The Balaban J connectivity index is 0.000000807. The van der Waals surface area contributed by atoms with Crippen LogP contribution in [0.2, 0.25) is 7.25 Å². The van der Waals surface area contributed by atoms with E-state index < -0.39 is 0 Å². The molecule has 2 fully saturated rings. The molecule has 0 aliphatic heterocycles. The molecule has 0 heterocycles. The molecule has 0 aromatic carbocycles. The van der Waals surface area contributed by atoms with Crippen LogP contribution in [0.5, 0.6) is 0 Å². The molecule has 6 unspecified atom stereocenters. The Morgan fingerprint density at radius 3 is 1.60 bits per heavy atom. The fourth-order valence-electron chi connectivity index (χ4n) is 4.58. The molecule has 106 valence electrons. The van der Waals surface area contributed by atoms with Gasteiger partial charge in [0.1, 0.15) is 0 Å². The van der Waals surface area contributed by atoms with Crippen molar-refractivity contribution in [3.05, 3.63) is 48.6 Å². The molecule has 0 N–H and O–H groups in total. The summed E-state index contributed by atoms with van der Waals surface area (Å²) in [6.45, 7) is 0. The standard InChI is InChI=1S/2C9H11.ClH.Zr.H/c2*1-2-5-9-7-3-6-8(9)4-1;;;/h2*1-2,4-6,8-9H,3,7H2;1H;;/q;;;+2;-1/p-1. The maximum absolute atomic E-state index is 2.53. The molecule has 20 heavy (non-hydrogen) atoms. The maximum atomic E-state index is 2.53. The van der Waals surface area contributed by atoms with Crippen molar-refractivity contribution in [1.29, 1.82) is 0 Å². The second-order valence-corrected chi connectivity index (χ2v) is 11.0. The Kier molecular flexibility index (Phi) is 4.88. The molecule has 2 saturated carbocycles. The topological polar surface area (TPSA) is 0 Å². The number of hydrogen-bond donors (Lipinski definition) is 0. The van der Waals surface area contributed by atoms with Gasteiger partial charge in [-0.1, -0.05) is 0 Å². The molecule has 4 rings (SSSR count). The second-order valence-electron chi connectivity index (χ2n) is 6.56.